The lowest BCUT2D eigenvalue weighted by atomic mass is 9.85. The van der Waals surface area contributed by atoms with E-state index in [0.29, 0.717) is 0 Å². The molecule has 4 nitrogen and oxygen atoms in total. The van der Waals surface area contributed by atoms with E-state index >= 15 is 0 Å². The highest BCUT2D eigenvalue weighted by atomic mass is 32.1. The van der Waals surface area contributed by atoms with E-state index in [2.05, 4.69) is 5.32 Å². The fraction of sp³-hybridized carbons (Fsp3) is 0.455. The quantitative estimate of drug-likeness (QED) is 0.832. The van der Waals surface area contributed by atoms with Crippen molar-refractivity contribution in [3.05, 3.63) is 16.8 Å². The van der Waals surface area contributed by atoms with Crippen molar-refractivity contribution in [1.29, 1.82) is 0 Å². The molecule has 0 bridgehead atoms. The molecule has 0 fully saturated rings. The van der Waals surface area contributed by atoms with Crippen molar-refractivity contribution in [2.24, 2.45) is 5.41 Å². The lowest BCUT2D eigenvalue weighted by Crippen LogP contribution is -2.24. The van der Waals surface area contributed by atoms with E-state index in [0.717, 1.165) is 5.69 Å². The van der Waals surface area contributed by atoms with Crippen LogP contribution in [0.15, 0.2) is 16.8 Å². The number of rotatable bonds is 5. The summed E-state index contributed by atoms with van der Waals surface area (Å²) in [6.07, 6.45) is 0.194. The molecule has 0 radical (unpaired) electrons. The Bertz CT molecular complexity index is 371. The molecular formula is C11H15NO3S. The molecular weight excluding hydrogens is 226 g/mol. The van der Waals surface area contributed by atoms with Gasteiger partial charge < -0.3 is 10.4 Å². The van der Waals surface area contributed by atoms with Gasteiger partial charge in [-0.1, -0.05) is 13.8 Å². The zero-order valence-corrected chi connectivity index (χ0v) is 10.1. The van der Waals surface area contributed by atoms with Gasteiger partial charge in [-0.15, -0.1) is 0 Å². The number of amides is 1. The molecule has 0 spiro atoms. The van der Waals surface area contributed by atoms with Crippen LogP contribution < -0.4 is 5.32 Å². The average molecular weight is 241 g/mol. The first kappa shape index (κ1) is 12.7. The predicted molar refractivity (Wildman–Crippen MR) is 63.6 cm³/mol. The molecule has 16 heavy (non-hydrogen) atoms. The van der Waals surface area contributed by atoms with E-state index in [1.165, 1.54) is 11.3 Å². The Hall–Kier alpha value is -1.36. The molecule has 0 aromatic carbocycles. The van der Waals surface area contributed by atoms with Gasteiger partial charge in [0.1, 0.15) is 0 Å². The smallest absolute Gasteiger partial charge is 0.303 e. The summed E-state index contributed by atoms with van der Waals surface area (Å²) in [5, 5.41) is 15.1. The molecule has 5 heteroatoms. The van der Waals surface area contributed by atoms with Gasteiger partial charge in [-0.2, -0.15) is 11.3 Å². The maximum Gasteiger partial charge on any atom is 0.303 e. The molecule has 0 aliphatic carbocycles. The number of carbonyl (C=O) groups excluding carboxylic acids is 1. The minimum absolute atomic E-state index is 0.00986. The Morgan fingerprint density at radius 1 is 1.44 bits per heavy atom. The summed E-state index contributed by atoms with van der Waals surface area (Å²) < 4.78 is 0. The van der Waals surface area contributed by atoms with Crippen molar-refractivity contribution >= 4 is 28.9 Å². The highest BCUT2D eigenvalue weighted by Gasteiger charge is 2.25. The van der Waals surface area contributed by atoms with E-state index in [1.807, 2.05) is 16.8 Å². The summed E-state index contributed by atoms with van der Waals surface area (Å²) in [5.74, 6) is -1.03. The summed E-state index contributed by atoms with van der Waals surface area (Å²) in [6.45, 7) is 3.54. The Morgan fingerprint density at radius 3 is 2.62 bits per heavy atom. The fourth-order valence-corrected chi connectivity index (χ4v) is 2.04. The number of hydrogen-bond acceptors (Lipinski definition) is 3. The summed E-state index contributed by atoms with van der Waals surface area (Å²) in [5.41, 5.74) is 0.243. The van der Waals surface area contributed by atoms with Crippen LogP contribution >= 0.6 is 11.3 Å². The second-order valence-electron chi connectivity index (χ2n) is 4.47. The summed E-state index contributed by atoms with van der Waals surface area (Å²) in [4.78, 5) is 22.2. The largest absolute Gasteiger partial charge is 0.481 e. The van der Waals surface area contributed by atoms with Crippen LogP contribution in [-0.2, 0) is 9.59 Å². The van der Waals surface area contributed by atoms with Crippen LogP contribution in [0.1, 0.15) is 26.7 Å². The number of carboxylic acid groups (broad SMARTS) is 1. The molecule has 0 aliphatic heterocycles. The molecule has 0 saturated heterocycles. The highest BCUT2D eigenvalue weighted by molar-refractivity contribution is 7.08. The highest BCUT2D eigenvalue weighted by Crippen LogP contribution is 2.25. The van der Waals surface area contributed by atoms with Crippen LogP contribution in [0.4, 0.5) is 5.69 Å². The van der Waals surface area contributed by atoms with Crippen LogP contribution in [0.25, 0.3) is 0 Å². The zero-order chi connectivity index (χ0) is 12.2. The lowest BCUT2D eigenvalue weighted by Gasteiger charge is -2.21. The van der Waals surface area contributed by atoms with Gasteiger partial charge in [-0.25, -0.2) is 0 Å². The first-order chi connectivity index (χ1) is 7.39. The van der Waals surface area contributed by atoms with E-state index in [1.54, 1.807) is 13.8 Å². The van der Waals surface area contributed by atoms with E-state index < -0.39 is 11.4 Å². The predicted octanol–water partition coefficient (Wildman–Crippen LogP) is 2.58. The number of nitrogens with one attached hydrogen (secondary N) is 1. The number of carbonyl (C=O) groups is 2. The SMILES string of the molecule is CC(C)(CC(=O)O)CC(=O)Nc1ccsc1. The van der Waals surface area contributed by atoms with Crippen LogP contribution in [0, 0.1) is 5.41 Å². The molecule has 1 rings (SSSR count). The lowest BCUT2D eigenvalue weighted by molar-refractivity contribution is -0.139. The van der Waals surface area contributed by atoms with Gasteiger partial charge in [0.25, 0.3) is 0 Å². The number of thiophene rings is 1. The van der Waals surface area contributed by atoms with Gasteiger partial charge in [0.15, 0.2) is 0 Å². The van der Waals surface area contributed by atoms with Gasteiger partial charge in [-0.3, -0.25) is 9.59 Å². The van der Waals surface area contributed by atoms with Crippen LogP contribution in [0.2, 0.25) is 0 Å². The monoisotopic (exact) mass is 241 g/mol. The normalized spacial score (nSPS) is 11.1. The molecule has 0 atom stereocenters. The van der Waals surface area contributed by atoms with Crippen molar-refractivity contribution in [3.63, 3.8) is 0 Å². The Labute approximate surface area is 98.3 Å². The maximum atomic E-state index is 11.6. The van der Waals surface area contributed by atoms with Gasteiger partial charge in [-0.05, 0) is 16.9 Å². The van der Waals surface area contributed by atoms with Crippen LogP contribution in [0.3, 0.4) is 0 Å². The number of anilines is 1. The minimum atomic E-state index is -0.881. The molecule has 0 unspecified atom stereocenters. The molecule has 1 aromatic rings. The molecule has 1 aromatic heterocycles. The Morgan fingerprint density at radius 2 is 2.12 bits per heavy atom. The Kier molecular flexibility index (Phi) is 4.06. The summed E-state index contributed by atoms with van der Waals surface area (Å²) in [6, 6.07) is 1.81. The van der Waals surface area contributed by atoms with Gasteiger partial charge in [0, 0.05) is 11.8 Å². The third-order valence-corrected chi connectivity index (χ3v) is 2.76. The summed E-state index contributed by atoms with van der Waals surface area (Å²) in [7, 11) is 0. The zero-order valence-electron chi connectivity index (χ0n) is 9.32. The first-order valence-electron chi connectivity index (χ1n) is 4.93. The van der Waals surface area contributed by atoms with E-state index in [9.17, 15) is 9.59 Å². The fourth-order valence-electron chi connectivity index (χ4n) is 1.45. The Balaban J connectivity index is 2.47. The van der Waals surface area contributed by atoms with Gasteiger partial charge >= 0.3 is 5.97 Å². The standard InChI is InChI=1S/C11H15NO3S/c1-11(2,6-10(14)15)5-9(13)12-8-3-4-16-7-8/h3-4,7H,5-6H2,1-2H3,(H,12,13)(H,14,15). The van der Waals surface area contributed by atoms with Crippen molar-refractivity contribution in [1.82, 2.24) is 0 Å². The molecule has 1 amide bonds. The van der Waals surface area contributed by atoms with Gasteiger partial charge in [0.2, 0.25) is 5.91 Å². The number of hydrogen-bond donors (Lipinski definition) is 2. The second-order valence-corrected chi connectivity index (χ2v) is 5.25. The topological polar surface area (TPSA) is 66.4 Å². The maximum absolute atomic E-state index is 11.6. The molecule has 88 valence electrons. The molecule has 2 N–H and O–H groups in total. The first-order valence-corrected chi connectivity index (χ1v) is 5.87. The summed E-state index contributed by atoms with van der Waals surface area (Å²) >= 11 is 1.50. The molecule has 0 aliphatic rings. The van der Waals surface area contributed by atoms with Crippen LogP contribution in [0.5, 0.6) is 0 Å². The molecule has 0 saturated carbocycles. The third-order valence-electron chi connectivity index (χ3n) is 2.07. The van der Waals surface area contributed by atoms with Crippen molar-refractivity contribution in [2.75, 3.05) is 5.32 Å². The van der Waals surface area contributed by atoms with Gasteiger partial charge in [0.05, 0.1) is 12.1 Å². The van der Waals surface area contributed by atoms with E-state index in [4.69, 9.17) is 5.11 Å². The number of aliphatic carboxylic acids is 1. The third kappa shape index (κ3) is 4.44. The average Bonchev–Trinajstić information content (AvgIpc) is 2.51. The van der Waals surface area contributed by atoms with Crippen LogP contribution in [-0.4, -0.2) is 17.0 Å². The second kappa shape index (κ2) is 5.12. The minimum Gasteiger partial charge on any atom is -0.481 e. The van der Waals surface area contributed by atoms with Crippen molar-refractivity contribution in [2.45, 2.75) is 26.7 Å². The number of carboxylic acids is 1. The van der Waals surface area contributed by atoms with Crippen molar-refractivity contribution in [3.8, 4) is 0 Å². The van der Waals surface area contributed by atoms with Crippen molar-refractivity contribution < 1.29 is 14.7 Å². The van der Waals surface area contributed by atoms with E-state index in [-0.39, 0.29) is 18.7 Å². The molecule has 1 heterocycles.